The van der Waals surface area contributed by atoms with Gasteiger partial charge in [-0.3, -0.25) is 4.79 Å². The third kappa shape index (κ3) is 2.53. The van der Waals surface area contributed by atoms with Gasteiger partial charge in [-0.05, 0) is 18.8 Å². The summed E-state index contributed by atoms with van der Waals surface area (Å²) in [4.78, 5) is 11.5. The fraction of sp³-hybridized carbons (Fsp3) is 0.909. The maximum Gasteiger partial charge on any atom is 0.135 e. The first-order valence-corrected chi connectivity index (χ1v) is 5.48. The molecule has 2 fully saturated rings. The molecule has 0 spiro atoms. The molecule has 1 aliphatic carbocycles. The molecule has 1 saturated carbocycles. The maximum absolute atomic E-state index is 11.5. The third-order valence-corrected chi connectivity index (χ3v) is 3.22. The maximum atomic E-state index is 11.5. The van der Waals surface area contributed by atoms with E-state index in [1.165, 1.54) is 19.3 Å². The Kier molecular flexibility index (Phi) is 2.99. The van der Waals surface area contributed by atoms with Crippen molar-refractivity contribution in [2.45, 2.75) is 51.0 Å². The van der Waals surface area contributed by atoms with Gasteiger partial charge in [0.25, 0.3) is 0 Å². The van der Waals surface area contributed by atoms with Crippen molar-refractivity contribution < 1.29 is 9.53 Å². The summed E-state index contributed by atoms with van der Waals surface area (Å²) in [6, 6.07) is 0. The predicted molar refractivity (Wildman–Crippen MR) is 50.6 cm³/mol. The van der Waals surface area contributed by atoms with E-state index in [0.717, 1.165) is 25.9 Å². The Morgan fingerprint density at radius 3 is 2.54 bits per heavy atom. The van der Waals surface area contributed by atoms with E-state index in [4.69, 9.17) is 4.74 Å². The quantitative estimate of drug-likeness (QED) is 0.667. The zero-order valence-electron chi connectivity index (χ0n) is 8.13. The summed E-state index contributed by atoms with van der Waals surface area (Å²) in [5.74, 6) is 1.14. The highest BCUT2D eigenvalue weighted by atomic mass is 16.5. The molecule has 0 radical (unpaired) electrons. The smallest absolute Gasteiger partial charge is 0.135 e. The molecule has 1 saturated heterocycles. The molecule has 1 atom stereocenters. The Morgan fingerprint density at radius 2 is 2.00 bits per heavy atom. The van der Waals surface area contributed by atoms with Crippen molar-refractivity contribution in [3.63, 3.8) is 0 Å². The Balaban J connectivity index is 1.64. The molecular formula is C11H18O2. The molecular weight excluding hydrogens is 164 g/mol. The van der Waals surface area contributed by atoms with Gasteiger partial charge in [-0.1, -0.05) is 19.3 Å². The first-order valence-electron chi connectivity index (χ1n) is 5.48. The Morgan fingerprint density at radius 1 is 1.15 bits per heavy atom. The fourth-order valence-corrected chi connectivity index (χ4v) is 2.16. The van der Waals surface area contributed by atoms with E-state index in [2.05, 4.69) is 0 Å². The van der Waals surface area contributed by atoms with Gasteiger partial charge in [0.05, 0.1) is 6.10 Å². The van der Waals surface area contributed by atoms with Crippen LogP contribution in [0.3, 0.4) is 0 Å². The van der Waals surface area contributed by atoms with Crippen LogP contribution in [0.4, 0.5) is 0 Å². The molecule has 2 rings (SSSR count). The van der Waals surface area contributed by atoms with E-state index < -0.39 is 0 Å². The van der Waals surface area contributed by atoms with Crippen molar-refractivity contribution in [3.8, 4) is 0 Å². The molecule has 2 nitrogen and oxygen atoms in total. The first-order chi connectivity index (χ1) is 6.34. The summed E-state index contributed by atoms with van der Waals surface area (Å²) in [6.07, 6.45) is 7.87. The first kappa shape index (κ1) is 9.20. The summed E-state index contributed by atoms with van der Waals surface area (Å²) in [5.41, 5.74) is 0. The van der Waals surface area contributed by atoms with Gasteiger partial charge >= 0.3 is 0 Å². The van der Waals surface area contributed by atoms with Crippen LogP contribution in [0.1, 0.15) is 44.9 Å². The molecule has 0 aromatic heterocycles. The van der Waals surface area contributed by atoms with Crippen molar-refractivity contribution >= 4 is 5.78 Å². The average Bonchev–Trinajstić information content (AvgIpc) is 2.49. The van der Waals surface area contributed by atoms with E-state index in [1.807, 2.05) is 0 Å². The predicted octanol–water partition coefficient (Wildman–Crippen LogP) is 2.31. The van der Waals surface area contributed by atoms with Gasteiger partial charge in [-0.15, -0.1) is 0 Å². The van der Waals surface area contributed by atoms with Crippen LogP contribution in [0.15, 0.2) is 0 Å². The summed E-state index contributed by atoms with van der Waals surface area (Å²) < 4.78 is 5.44. The van der Waals surface area contributed by atoms with Crippen LogP contribution in [0.5, 0.6) is 0 Å². The summed E-state index contributed by atoms with van der Waals surface area (Å²) in [7, 11) is 0. The molecule has 1 unspecified atom stereocenters. The molecule has 1 aliphatic heterocycles. The van der Waals surface area contributed by atoms with Gasteiger partial charge in [0, 0.05) is 19.4 Å². The molecule has 1 heterocycles. The van der Waals surface area contributed by atoms with Crippen molar-refractivity contribution in [2.75, 3.05) is 6.61 Å². The number of carbonyl (C=O) groups excluding carboxylic acids is 1. The molecule has 2 aliphatic rings. The number of hydrogen-bond donors (Lipinski definition) is 0. The van der Waals surface area contributed by atoms with E-state index in [0.29, 0.717) is 18.1 Å². The van der Waals surface area contributed by atoms with E-state index in [9.17, 15) is 4.79 Å². The van der Waals surface area contributed by atoms with Crippen LogP contribution in [-0.2, 0) is 9.53 Å². The number of carbonyl (C=O) groups is 1. The second-order valence-corrected chi connectivity index (χ2v) is 4.38. The molecule has 0 N–H and O–H groups in total. The van der Waals surface area contributed by atoms with Crippen molar-refractivity contribution in [1.29, 1.82) is 0 Å². The van der Waals surface area contributed by atoms with Gasteiger partial charge in [0.15, 0.2) is 0 Å². The van der Waals surface area contributed by atoms with Crippen molar-refractivity contribution in [2.24, 2.45) is 5.92 Å². The lowest BCUT2D eigenvalue weighted by atomic mass is 9.81. The fourth-order valence-electron chi connectivity index (χ4n) is 2.16. The van der Waals surface area contributed by atoms with Crippen LogP contribution < -0.4 is 0 Å². The molecule has 0 bridgehead atoms. The standard InChI is InChI=1S/C11H18O2/c12-10(7-9-3-1-4-9)8-11-5-2-6-13-11/h9,11H,1-8H2. The minimum absolute atomic E-state index is 0.257. The highest BCUT2D eigenvalue weighted by Gasteiger charge is 2.24. The summed E-state index contributed by atoms with van der Waals surface area (Å²) in [6.45, 7) is 0.862. The highest BCUT2D eigenvalue weighted by Crippen LogP contribution is 2.30. The van der Waals surface area contributed by atoms with Crippen LogP contribution >= 0.6 is 0 Å². The number of rotatable bonds is 4. The lowest BCUT2D eigenvalue weighted by molar-refractivity contribution is -0.122. The third-order valence-electron chi connectivity index (χ3n) is 3.22. The van der Waals surface area contributed by atoms with Crippen LogP contribution in [0.2, 0.25) is 0 Å². The van der Waals surface area contributed by atoms with Crippen molar-refractivity contribution in [1.82, 2.24) is 0 Å². The normalized spacial score (nSPS) is 28.8. The number of ketones is 1. The van der Waals surface area contributed by atoms with E-state index in [-0.39, 0.29) is 6.10 Å². The van der Waals surface area contributed by atoms with Crippen molar-refractivity contribution in [3.05, 3.63) is 0 Å². The average molecular weight is 182 g/mol. The summed E-state index contributed by atoms with van der Waals surface area (Å²) in [5, 5.41) is 0. The van der Waals surface area contributed by atoms with Crippen LogP contribution in [0.25, 0.3) is 0 Å². The lowest BCUT2D eigenvalue weighted by Gasteiger charge is -2.24. The zero-order chi connectivity index (χ0) is 9.10. The number of Topliss-reactive ketones (excluding diaryl/α,β-unsaturated/α-hetero) is 1. The minimum Gasteiger partial charge on any atom is -0.378 e. The van der Waals surface area contributed by atoms with Crippen LogP contribution in [0, 0.1) is 5.92 Å². The summed E-state index contributed by atoms with van der Waals surface area (Å²) >= 11 is 0. The monoisotopic (exact) mass is 182 g/mol. The molecule has 13 heavy (non-hydrogen) atoms. The van der Waals surface area contributed by atoms with Gasteiger partial charge < -0.3 is 4.74 Å². The Hall–Kier alpha value is -0.370. The van der Waals surface area contributed by atoms with E-state index in [1.54, 1.807) is 0 Å². The van der Waals surface area contributed by atoms with Gasteiger partial charge in [0.1, 0.15) is 5.78 Å². The van der Waals surface area contributed by atoms with Crippen LogP contribution in [-0.4, -0.2) is 18.5 Å². The second kappa shape index (κ2) is 4.23. The topological polar surface area (TPSA) is 26.3 Å². The van der Waals surface area contributed by atoms with Gasteiger partial charge in [0.2, 0.25) is 0 Å². The molecule has 0 aromatic rings. The Labute approximate surface area is 79.7 Å². The minimum atomic E-state index is 0.257. The van der Waals surface area contributed by atoms with E-state index >= 15 is 0 Å². The van der Waals surface area contributed by atoms with Gasteiger partial charge in [-0.2, -0.15) is 0 Å². The largest absolute Gasteiger partial charge is 0.378 e. The molecule has 0 aromatic carbocycles. The molecule has 2 heteroatoms. The number of hydrogen-bond acceptors (Lipinski definition) is 2. The number of ether oxygens (including phenoxy) is 1. The Bertz CT molecular complexity index is 179. The SMILES string of the molecule is O=C(CC1CCC1)CC1CCCO1. The second-order valence-electron chi connectivity index (χ2n) is 4.38. The zero-order valence-corrected chi connectivity index (χ0v) is 8.13. The lowest BCUT2D eigenvalue weighted by Crippen LogP contribution is -2.19. The molecule has 0 amide bonds. The van der Waals surface area contributed by atoms with Gasteiger partial charge in [-0.25, -0.2) is 0 Å². The molecule has 74 valence electrons. The highest BCUT2D eigenvalue weighted by molar-refractivity contribution is 5.79.